The normalized spacial score (nSPS) is 10.7. The first-order chi connectivity index (χ1) is 16.1. The van der Waals surface area contributed by atoms with Crippen molar-refractivity contribution in [2.75, 3.05) is 27.7 Å². The molecule has 0 radical (unpaired) electrons. The second kappa shape index (κ2) is 14.2. The van der Waals surface area contributed by atoms with Gasteiger partial charge in [-0.2, -0.15) is 0 Å². The van der Waals surface area contributed by atoms with Gasteiger partial charge in [-0.1, -0.05) is 60.7 Å². The van der Waals surface area contributed by atoms with Gasteiger partial charge in [0.05, 0.1) is 0 Å². The number of para-hydroxylation sites is 1. The minimum absolute atomic E-state index is 0. The summed E-state index contributed by atoms with van der Waals surface area (Å²) < 4.78 is 6.04. The van der Waals surface area contributed by atoms with Gasteiger partial charge in [0.2, 0.25) is 0 Å². The van der Waals surface area contributed by atoms with E-state index >= 15 is 0 Å². The molecule has 0 fully saturated rings. The molecule has 0 aliphatic carbocycles. The standard InChI is InChI=1S/C27H32N4O2.HI/c1-28-27(29-17-16-21-12-9-14-23(18-21)26(32)31(2)3)30-19-24-13-7-8-15-25(24)33-20-22-10-5-4-6-11-22;/h4-15,18H,16-17,19-20H2,1-3H3,(H2,28,29,30);1H. The molecule has 0 saturated heterocycles. The fourth-order valence-electron chi connectivity index (χ4n) is 3.37. The van der Waals surface area contributed by atoms with Crippen LogP contribution in [0.25, 0.3) is 0 Å². The van der Waals surface area contributed by atoms with Gasteiger partial charge < -0.3 is 20.3 Å². The van der Waals surface area contributed by atoms with E-state index in [1.807, 2.05) is 66.7 Å². The van der Waals surface area contributed by atoms with E-state index in [-0.39, 0.29) is 29.9 Å². The van der Waals surface area contributed by atoms with Crippen molar-refractivity contribution in [3.63, 3.8) is 0 Å². The minimum Gasteiger partial charge on any atom is -0.489 e. The van der Waals surface area contributed by atoms with Gasteiger partial charge in [-0.05, 0) is 35.7 Å². The molecule has 1 amide bonds. The Balaban J connectivity index is 0.00000408. The Hall–Kier alpha value is -3.07. The summed E-state index contributed by atoms with van der Waals surface area (Å²) in [5.74, 6) is 1.58. The van der Waals surface area contributed by atoms with Crippen LogP contribution in [0.5, 0.6) is 5.75 Å². The molecule has 0 aliphatic heterocycles. The lowest BCUT2D eigenvalue weighted by molar-refractivity contribution is 0.0827. The number of carbonyl (C=O) groups excluding carboxylic acids is 1. The second-order valence-corrected chi connectivity index (χ2v) is 7.88. The molecule has 0 aromatic heterocycles. The molecule has 0 unspecified atom stereocenters. The fourth-order valence-corrected chi connectivity index (χ4v) is 3.37. The van der Waals surface area contributed by atoms with E-state index in [9.17, 15) is 4.79 Å². The van der Waals surface area contributed by atoms with E-state index in [0.29, 0.717) is 31.2 Å². The zero-order chi connectivity index (χ0) is 23.5. The number of rotatable bonds is 9. The molecule has 180 valence electrons. The van der Waals surface area contributed by atoms with Crippen molar-refractivity contribution < 1.29 is 9.53 Å². The van der Waals surface area contributed by atoms with Crippen LogP contribution in [0, 0.1) is 0 Å². The number of benzene rings is 3. The summed E-state index contributed by atoms with van der Waals surface area (Å²) in [5.41, 5.74) is 4.00. The number of nitrogens with zero attached hydrogens (tertiary/aromatic N) is 2. The van der Waals surface area contributed by atoms with Gasteiger partial charge in [0.1, 0.15) is 12.4 Å². The van der Waals surface area contributed by atoms with E-state index in [0.717, 1.165) is 28.9 Å². The zero-order valence-corrected chi connectivity index (χ0v) is 22.3. The lowest BCUT2D eigenvalue weighted by Crippen LogP contribution is -2.37. The smallest absolute Gasteiger partial charge is 0.253 e. The largest absolute Gasteiger partial charge is 0.489 e. The lowest BCUT2D eigenvalue weighted by atomic mass is 10.1. The highest BCUT2D eigenvalue weighted by Crippen LogP contribution is 2.19. The van der Waals surface area contributed by atoms with E-state index < -0.39 is 0 Å². The molecule has 0 atom stereocenters. The Morgan fingerprint density at radius 1 is 0.912 bits per heavy atom. The van der Waals surface area contributed by atoms with Gasteiger partial charge in [-0.15, -0.1) is 24.0 Å². The molecule has 0 bridgehead atoms. The molecule has 0 heterocycles. The summed E-state index contributed by atoms with van der Waals surface area (Å²) in [4.78, 5) is 18.1. The van der Waals surface area contributed by atoms with Gasteiger partial charge in [-0.3, -0.25) is 9.79 Å². The predicted molar refractivity (Wildman–Crippen MR) is 149 cm³/mol. The third kappa shape index (κ3) is 8.37. The topological polar surface area (TPSA) is 66.0 Å². The molecule has 6 nitrogen and oxygen atoms in total. The van der Waals surface area contributed by atoms with Gasteiger partial charge >= 0.3 is 0 Å². The molecular formula is C27H33IN4O2. The van der Waals surface area contributed by atoms with Gasteiger partial charge in [0.25, 0.3) is 5.91 Å². The van der Waals surface area contributed by atoms with Crippen LogP contribution in [0.2, 0.25) is 0 Å². The third-order valence-corrected chi connectivity index (χ3v) is 5.17. The van der Waals surface area contributed by atoms with Crippen molar-refractivity contribution in [3.05, 3.63) is 101 Å². The summed E-state index contributed by atoms with van der Waals surface area (Å²) in [6.45, 7) is 1.82. The van der Waals surface area contributed by atoms with Gasteiger partial charge in [-0.25, -0.2) is 0 Å². The van der Waals surface area contributed by atoms with Crippen molar-refractivity contribution in [2.45, 2.75) is 19.6 Å². The van der Waals surface area contributed by atoms with Crippen molar-refractivity contribution in [3.8, 4) is 5.75 Å². The van der Waals surface area contributed by atoms with Crippen LogP contribution in [0.15, 0.2) is 83.9 Å². The van der Waals surface area contributed by atoms with Gasteiger partial charge in [0, 0.05) is 45.4 Å². The number of aliphatic imine (C=N–C) groups is 1. The molecule has 3 aromatic rings. The number of halogens is 1. The first-order valence-electron chi connectivity index (χ1n) is 11.1. The number of nitrogens with one attached hydrogen (secondary N) is 2. The monoisotopic (exact) mass is 572 g/mol. The summed E-state index contributed by atoms with van der Waals surface area (Å²) in [5, 5.41) is 6.69. The van der Waals surface area contributed by atoms with Crippen molar-refractivity contribution in [2.24, 2.45) is 4.99 Å². The molecule has 7 heteroatoms. The highest BCUT2D eigenvalue weighted by atomic mass is 127. The van der Waals surface area contributed by atoms with E-state index in [1.54, 1.807) is 26.0 Å². The maximum atomic E-state index is 12.2. The first kappa shape index (κ1) is 27.2. The van der Waals surface area contributed by atoms with E-state index in [4.69, 9.17) is 4.74 Å². The van der Waals surface area contributed by atoms with Crippen molar-refractivity contribution in [1.82, 2.24) is 15.5 Å². The fraction of sp³-hybridized carbons (Fsp3) is 0.259. The summed E-state index contributed by atoms with van der Waals surface area (Å²) >= 11 is 0. The summed E-state index contributed by atoms with van der Waals surface area (Å²) in [6.07, 6.45) is 0.784. The zero-order valence-electron chi connectivity index (χ0n) is 20.0. The quantitative estimate of drug-likeness (QED) is 0.225. The molecule has 0 spiro atoms. The Labute approximate surface area is 219 Å². The van der Waals surface area contributed by atoms with Crippen LogP contribution >= 0.6 is 24.0 Å². The number of ether oxygens (including phenoxy) is 1. The summed E-state index contributed by atoms with van der Waals surface area (Å²) in [6, 6.07) is 25.9. The third-order valence-electron chi connectivity index (χ3n) is 5.17. The maximum Gasteiger partial charge on any atom is 0.253 e. The van der Waals surface area contributed by atoms with Gasteiger partial charge in [0.15, 0.2) is 5.96 Å². The average Bonchev–Trinajstić information content (AvgIpc) is 2.85. The average molecular weight is 572 g/mol. The number of hydrogen-bond donors (Lipinski definition) is 2. The Kier molecular flexibility index (Phi) is 11.4. The highest BCUT2D eigenvalue weighted by molar-refractivity contribution is 14.0. The summed E-state index contributed by atoms with van der Waals surface area (Å²) in [7, 11) is 5.28. The maximum absolute atomic E-state index is 12.2. The highest BCUT2D eigenvalue weighted by Gasteiger charge is 2.09. The van der Waals surface area contributed by atoms with E-state index in [2.05, 4.69) is 27.8 Å². The molecule has 0 saturated carbocycles. The Bertz CT molecular complexity index is 1070. The van der Waals surface area contributed by atoms with Crippen molar-refractivity contribution in [1.29, 1.82) is 0 Å². The second-order valence-electron chi connectivity index (χ2n) is 7.88. The lowest BCUT2D eigenvalue weighted by Gasteiger charge is -2.15. The molecule has 2 N–H and O–H groups in total. The predicted octanol–water partition coefficient (Wildman–Crippen LogP) is 4.49. The van der Waals surface area contributed by atoms with E-state index in [1.165, 1.54) is 0 Å². The molecular weight excluding hydrogens is 539 g/mol. The molecule has 34 heavy (non-hydrogen) atoms. The van der Waals surface area contributed by atoms with Crippen LogP contribution in [0.1, 0.15) is 27.0 Å². The van der Waals surface area contributed by atoms with Crippen LogP contribution in [-0.4, -0.2) is 44.5 Å². The Morgan fingerprint density at radius 2 is 1.62 bits per heavy atom. The van der Waals surface area contributed by atoms with Crippen LogP contribution in [0.3, 0.4) is 0 Å². The molecule has 0 aliphatic rings. The van der Waals surface area contributed by atoms with Crippen LogP contribution < -0.4 is 15.4 Å². The molecule has 3 rings (SSSR count). The SMILES string of the molecule is CN=C(NCCc1cccc(C(=O)N(C)C)c1)NCc1ccccc1OCc1ccccc1.I. The number of carbonyl (C=O) groups is 1. The number of amides is 1. The minimum atomic E-state index is 0. The number of guanidine groups is 1. The van der Waals surface area contributed by atoms with Crippen molar-refractivity contribution >= 4 is 35.8 Å². The van der Waals surface area contributed by atoms with Crippen LogP contribution in [0.4, 0.5) is 0 Å². The Morgan fingerprint density at radius 3 is 2.35 bits per heavy atom. The number of hydrogen-bond acceptors (Lipinski definition) is 3. The first-order valence-corrected chi connectivity index (χ1v) is 11.1. The van der Waals surface area contributed by atoms with Crippen LogP contribution in [-0.2, 0) is 19.6 Å². The molecule has 3 aromatic carbocycles.